The number of halogens is 2. The van der Waals surface area contributed by atoms with Gasteiger partial charge < -0.3 is 0 Å². The summed E-state index contributed by atoms with van der Waals surface area (Å²) in [5.74, 6) is 1.44. The van der Waals surface area contributed by atoms with Gasteiger partial charge in [-0.25, -0.2) is 5.01 Å². The lowest BCUT2D eigenvalue weighted by Crippen LogP contribution is -2.21. The molecule has 31 heavy (non-hydrogen) atoms. The maximum atomic E-state index is 6.43. The second-order valence-corrected chi connectivity index (χ2v) is 9.37. The van der Waals surface area contributed by atoms with E-state index in [1.54, 1.807) is 29.8 Å². The van der Waals surface area contributed by atoms with Gasteiger partial charge in [0, 0.05) is 44.0 Å². The van der Waals surface area contributed by atoms with E-state index in [9.17, 15) is 0 Å². The molecule has 0 spiro atoms. The van der Waals surface area contributed by atoms with Crippen molar-refractivity contribution in [2.45, 2.75) is 27.3 Å². The van der Waals surface area contributed by atoms with E-state index in [0.29, 0.717) is 22.5 Å². The normalized spacial score (nSPS) is 12.9. The Bertz CT molecular complexity index is 1320. The number of hydrogen-bond acceptors (Lipinski definition) is 6. The molecule has 0 unspecified atom stereocenters. The van der Waals surface area contributed by atoms with Gasteiger partial charge in [-0.05, 0) is 44.5 Å². The maximum Gasteiger partial charge on any atom is 0.253 e. The maximum absolute atomic E-state index is 6.43. The molecule has 1 aliphatic rings. The molecule has 0 amide bonds. The Morgan fingerprint density at radius 1 is 1.00 bits per heavy atom. The third kappa shape index (κ3) is 3.43. The van der Waals surface area contributed by atoms with Gasteiger partial charge in [0.2, 0.25) is 0 Å². The van der Waals surface area contributed by atoms with Crippen LogP contribution in [0.2, 0.25) is 10.0 Å². The molecular formula is C22H18Cl2N6S. The molecule has 0 saturated heterocycles. The number of benzene rings is 1. The van der Waals surface area contributed by atoms with Crippen molar-refractivity contribution in [1.82, 2.24) is 19.7 Å². The standard InChI is InChI=1S/C22H18Cl2N6S/c1-12-13(2)31-21-19(12)20(15-4-6-17(23)7-5-15)28-29(22-27-26-14(3)30(21)22)11-16-10-25-9-8-18(16)24/h4-10H,11H2,1-3H3. The molecule has 1 aromatic carbocycles. The minimum atomic E-state index is 0.412. The van der Waals surface area contributed by atoms with Crippen molar-refractivity contribution < 1.29 is 0 Å². The molecule has 5 rings (SSSR count). The Hall–Kier alpha value is -2.74. The van der Waals surface area contributed by atoms with Gasteiger partial charge in [0.1, 0.15) is 16.5 Å². The molecule has 156 valence electrons. The summed E-state index contributed by atoms with van der Waals surface area (Å²) in [5, 5.41) is 18.1. The van der Waals surface area contributed by atoms with E-state index in [1.807, 2.05) is 36.2 Å². The van der Waals surface area contributed by atoms with Crippen LogP contribution in [0.1, 0.15) is 33.0 Å². The molecule has 0 bridgehead atoms. The molecule has 4 aromatic rings. The van der Waals surface area contributed by atoms with Gasteiger partial charge in [-0.1, -0.05) is 35.3 Å². The first-order valence-corrected chi connectivity index (χ1v) is 11.2. The summed E-state index contributed by atoms with van der Waals surface area (Å²) in [7, 11) is 0. The van der Waals surface area contributed by atoms with E-state index in [0.717, 1.165) is 33.2 Å². The number of fused-ring (bicyclic) bond motifs is 3. The number of rotatable bonds is 3. The van der Waals surface area contributed by atoms with Crippen LogP contribution >= 0.6 is 34.5 Å². The molecule has 1 aliphatic heterocycles. The summed E-state index contributed by atoms with van der Waals surface area (Å²) in [6.45, 7) is 6.62. The molecule has 0 atom stereocenters. The lowest BCUT2D eigenvalue weighted by atomic mass is 10.00. The lowest BCUT2D eigenvalue weighted by Gasteiger charge is -2.18. The number of aromatic nitrogens is 4. The molecule has 0 fully saturated rings. The monoisotopic (exact) mass is 468 g/mol. The predicted molar refractivity (Wildman–Crippen MR) is 126 cm³/mol. The van der Waals surface area contributed by atoms with Gasteiger partial charge in [0.25, 0.3) is 5.95 Å². The molecule has 3 aromatic heterocycles. The van der Waals surface area contributed by atoms with Crippen molar-refractivity contribution in [2.24, 2.45) is 5.10 Å². The van der Waals surface area contributed by atoms with Crippen LogP contribution in [0.4, 0.5) is 5.95 Å². The smallest absolute Gasteiger partial charge is 0.253 e. The third-order valence-electron chi connectivity index (χ3n) is 5.35. The lowest BCUT2D eigenvalue weighted by molar-refractivity contribution is 0.795. The first-order valence-electron chi connectivity index (χ1n) is 9.67. The Morgan fingerprint density at radius 2 is 1.77 bits per heavy atom. The van der Waals surface area contributed by atoms with Gasteiger partial charge in [0.05, 0.1) is 6.54 Å². The Labute approximate surface area is 193 Å². The second kappa shape index (κ2) is 7.75. The van der Waals surface area contributed by atoms with E-state index < -0.39 is 0 Å². The minimum Gasteiger partial charge on any atom is -0.264 e. The van der Waals surface area contributed by atoms with Gasteiger partial charge in [-0.2, -0.15) is 5.10 Å². The van der Waals surface area contributed by atoms with Crippen LogP contribution in [0.5, 0.6) is 0 Å². The first kappa shape index (κ1) is 20.2. The third-order valence-corrected chi connectivity index (χ3v) is 7.16. The van der Waals surface area contributed by atoms with Crippen molar-refractivity contribution >= 4 is 46.2 Å². The fourth-order valence-corrected chi connectivity index (χ4v) is 5.11. The molecule has 4 heterocycles. The van der Waals surface area contributed by atoms with Crippen molar-refractivity contribution in [1.29, 1.82) is 0 Å². The zero-order valence-electron chi connectivity index (χ0n) is 17.1. The summed E-state index contributed by atoms with van der Waals surface area (Å²) < 4.78 is 2.07. The summed E-state index contributed by atoms with van der Waals surface area (Å²) in [4.78, 5) is 5.45. The molecule has 6 nitrogen and oxygen atoms in total. The number of pyridine rings is 1. The quantitative estimate of drug-likeness (QED) is 0.385. The number of hydrazone groups is 1. The molecule has 0 radical (unpaired) electrons. The van der Waals surface area contributed by atoms with E-state index in [4.69, 9.17) is 28.3 Å². The number of hydrogen-bond donors (Lipinski definition) is 0. The number of anilines is 1. The van der Waals surface area contributed by atoms with Gasteiger partial charge in [0.15, 0.2) is 0 Å². The summed E-state index contributed by atoms with van der Waals surface area (Å²) >= 11 is 14.3. The van der Waals surface area contributed by atoms with Crippen LogP contribution in [-0.2, 0) is 6.54 Å². The zero-order valence-corrected chi connectivity index (χ0v) is 19.4. The van der Waals surface area contributed by atoms with Crippen molar-refractivity contribution in [3.05, 3.63) is 85.7 Å². The van der Waals surface area contributed by atoms with Gasteiger partial charge in [-0.15, -0.1) is 21.5 Å². The summed E-state index contributed by atoms with van der Waals surface area (Å²) in [6, 6.07) is 9.52. The highest BCUT2D eigenvalue weighted by Crippen LogP contribution is 2.38. The SMILES string of the molecule is Cc1sc2c(c1C)C(c1ccc(Cl)cc1)=NN(Cc1cnccc1Cl)c1nnc(C)n1-2. The first-order chi connectivity index (χ1) is 14.9. The van der Waals surface area contributed by atoms with E-state index in [1.165, 1.54) is 10.4 Å². The summed E-state index contributed by atoms with van der Waals surface area (Å²) in [6.07, 6.45) is 3.43. The zero-order chi connectivity index (χ0) is 21.7. The van der Waals surface area contributed by atoms with E-state index >= 15 is 0 Å². The highest BCUT2D eigenvalue weighted by Gasteiger charge is 2.30. The fraction of sp³-hybridized carbons (Fsp3) is 0.182. The van der Waals surface area contributed by atoms with E-state index in [2.05, 4.69) is 33.6 Å². The Kier molecular flexibility index (Phi) is 5.04. The Balaban J connectivity index is 1.77. The van der Waals surface area contributed by atoms with E-state index in [-0.39, 0.29) is 0 Å². The highest BCUT2D eigenvalue weighted by molar-refractivity contribution is 7.15. The van der Waals surface area contributed by atoms with Crippen LogP contribution < -0.4 is 5.01 Å². The van der Waals surface area contributed by atoms with Crippen LogP contribution in [0.3, 0.4) is 0 Å². The molecule has 0 aliphatic carbocycles. The van der Waals surface area contributed by atoms with Crippen molar-refractivity contribution in [3.8, 4) is 5.00 Å². The van der Waals surface area contributed by atoms with Crippen LogP contribution in [0, 0.1) is 20.8 Å². The van der Waals surface area contributed by atoms with Gasteiger partial charge in [-0.3, -0.25) is 9.55 Å². The molecular weight excluding hydrogens is 451 g/mol. The van der Waals surface area contributed by atoms with Crippen LogP contribution in [-0.4, -0.2) is 25.5 Å². The number of thiophene rings is 1. The molecule has 9 heteroatoms. The fourth-order valence-electron chi connectivity index (χ4n) is 3.62. The van der Waals surface area contributed by atoms with Gasteiger partial charge >= 0.3 is 0 Å². The highest BCUT2D eigenvalue weighted by atomic mass is 35.5. The van der Waals surface area contributed by atoms with Crippen LogP contribution in [0.15, 0.2) is 47.8 Å². The van der Waals surface area contributed by atoms with Crippen LogP contribution in [0.25, 0.3) is 5.00 Å². The minimum absolute atomic E-state index is 0.412. The average molecular weight is 469 g/mol. The van der Waals surface area contributed by atoms with Crippen molar-refractivity contribution in [3.63, 3.8) is 0 Å². The molecule has 0 N–H and O–H groups in total. The average Bonchev–Trinajstić information content (AvgIpc) is 3.22. The number of aryl methyl sites for hydroxylation is 2. The topological polar surface area (TPSA) is 59.2 Å². The van der Waals surface area contributed by atoms with Crippen molar-refractivity contribution in [2.75, 3.05) is 5.01 Å². The predicted octanol–water partition coefficient (Wildman–Crippen LogP) is 5.73. The second-order valence-electron chi connectivity index (χ2n) is 7.33. The largest absolute Gasteiger partial charge is 0.264 e. The number of nitrogens with zero attached hydrogens (tertiary/aromatic N) is 6. The Morgan fingerprint density at radius 3 is 2.52 bits per heavy atom. The summed E-state index contributed by atoms with van der Waals surface area (Å²) in [5.41, 5.74) is 4.96. The molecule has 0 saturated carbocycles.